The molecule has 0 aromatic heterocycles. The van der Waals surface area contributed by atoms with E-state index in [2.05, 4.69) is 5.32 Å². The highest BCUT2D eigenvalue weighted by atomic mass is 32.2. The fraction of sp³-hybridized carbons (Fsp3) is 0.259. The highest BCUT2D eigenvalue weighted by Crippen LogP contribution is 2.46. The first-order valence-corrected chi connectivity index (χ1v) is 12.6. The highest BCUT2D eigenvalue weighted by molar-refractivity contribution is 8.03. The van der Waals surface area contributed by atoms with Gasteiger partial charge in [-0.3, -0.25) is 14.9 Å². The minimum absolute atomic E-state index is 0.0954. The standard InChI is InChI=1S/C27H27N3O7S/c1-4-37-27(33)24-23(19-11-8-12-20(15-19)30(34)35)25(36-3)22(13-14-31)29(2)26(24)38-16-21(28-17-32)18-9-6-5-7-10-18/h5-13,15,17,21,23H,4,16H2,1-3H3,(H,28,32). The summed E-state index contributed by atoms with van der Waals surface area (Å²) in [5, 5.41) is 14.8. The summed E-state index contributed by atoms with van der Waals surface area (Å²) in [6.45, 7) is 1.77. The van der Waals surface area contributed by atoms with Crippen LogP contribution in [0.3, 0.4) is 0 Å². The van der Waals surface area contributed by atoms with Crippen LogP contribution in [0.1, 0.15) is 30.0 Å². The zero-order chi connectivity index (χ0) is 27.7. The number of methoxy groups -OCH3 is 1. The van der Waals surface area contributed by atoms with Crippen LogP contribution in [0.15, 0.2) is 82.7 Å². The van der Waals surface area contributed by atoms with Crippen LogP contribution in [0.25, 0.3) is 0 Å². The van der Waals surface area contributed by atoms with Crippen molar-refractivity contribution in [3.63, 3.8) is 0 Å². The van der Waals surface area contributed by atoms with E-state index in [-0.39, 0.29) is 23.6 Å². The number of nitrogens with one attached hydrogen (secondary N) is 1. The van der Waals surface area contributed by atoms with E-state index in [1.807, 2.05) is 30.3 Å². The molecule has 0 fully saturated rings. The maximum atomic E-state index is 13.4. The van der Waals surface area contributed by atoms with Crippen LogP contribution >= 0.6 is 11.8 Å². The van der Waals surface area contributed by atoms with E-state index in [0.29, 0.717) is 28.5 Å². The molecular weight excluding hydrogens is 510 g/mol. The minimum Gasteiger partial charge on any atom is -0.498 e. The molecule has 10 nitrogen and oxygen atoms in total. The van der Waals surface area contributed by atoms with E-state index in [0.717, 1.165) is 5.56 Å². The number of thioether (sulfide) groups is 1. The molecule has 0 bridgehead atoms. The lowest BCUT2D eigenvalue weighted by Gasteiger charge is -2.36. The summed E-state index contributed by atoms with van der Waals surface area (Å²) in [6.07, 6.45) is 1.79. The number of allylic oxidation sites excluding steroid dienone is 2. The topological polar surface area (TPSA) is 128 Å². The molecule has 38 heavy (non-hydrogen) atoms. The van der Waals surface area contributed by atoms with Gasteiger partial charge in [-0.05, 0) is 18.1 Å². The molecule has 1 amide bonds. The lowest BCUT2D eigenvalue weighted by atomic mass is 9.86. The molecule has 1 aliphatic rings. The number of amides is 1. The van der Waals surface area contributed by atoms with Gasteiger partial charge < -0.3 is 19.7 Å². The van der Waals surface area contributed by atoms with Crippen molar-refractivity contribution in [1.29, 1.82) is 0 Å². The van der Waals surface area contributed by atoms with E-state index in [1.165, 1.54) is 43.1 Å². The lowest BCUT2D eigenvalue weighted by molar-refractivity contribution is -0.384. The number of non-ortho nitro benzene ring substituents is 1. The van der Waals surface area contributed by atoms with Crippen molar-refractivity contribution in [2.75, 3.05) is 26.5 Å². The minimum atomic E-state index is -0.911. The number of hydrogen-bond acceptors (Lipinski definition) is 9. The summed E-state index contributed by atoms with van der Waals surface area (Å²) >= 11 is 1.27. The quantitative estimate of drug-likeness (QED) is 0.141. The molecular formula is C27H27N3O7S. The van der Waals surface area contributed by atoms with Crippen LogP contribution in [-0.2, 0) is 23.9 Å². The number of nitrogens with zero attached hydrogens (tertiary/aromatic N) is 2. The SMILES string of the molecule is CCOC(=O)C1=C(SCC(NC=O)c2ccccc2)N(C)C(C=C=O)=C(OC)C1c1cccc([N+](=O)[O-])c1. The van der Waals surface area contributed by atoms with Gasteiger partial charge in [-0.2, -0.15) is 0 Å². The van der Waals surface area contributed by atoms with Crippen LogP contribution in [0.2, 0.25) is 0 Å². The molecule has 2 unspecified atom stereocenters. The molecule has 0 saturated heterocycles. The molecule has 1 N–H and O–H groups in total. The van der Waals surface area contributed by atoms with E-state index in [4.69, 9.17) is 9.47 Å². The number of nitro groups is 1. The van der Waals surface area contributed by atoms with Gasteiger partial charge in [-0.25, -0.2) is 9.59 Å². The largest absolute Gasteiger partial charge is 0.498 e. The Morgan fingerprint density at radius 2 is 2.00 bits per heavy atom. The van der Waals surface area contributed by atoms with Crippen LogP contribution in [0.4, 0.5) is 5.69 Å². The molecule has 2 aromatic rings. The monoisotopic (exact) mass is 537 g/mol. The highest BCUT2D eigenvalue weighted by Gasteiger charge is 2.40. The molecule has 0 spiro atoms. The molecule has 1 heterocycles. The van der Waals surface area contributed by atoms with Gasteiger partial charge in [0.2, 0.25) is 6.41 Å². The van der Waals surface area contributed by atoms with Crippen LogP contribution in [-0.4, -0.2) is 54.7 Å². The Morgan fingerprint density at radius 1 is 1.26 bits per heavy atom. The molecule has 0 saturated carbocycles. The van der Waals surface area contributed by atoms with Crippen molar-refractivity contribution in [2.24, 2.45) is 0 Å². The Labute approximate surface area is 224 Å². The van der Waals surface area contributed by atoms with Crippen LogP contribution < -0.4 is 5.32 Å². The van der Waals surface area contributed by atoms with Gasteiger partial charge in [0.05, 0.1) is 46.9 Å². The predicted octanol–water partition coefficient (Wildman–Crippen LogP) is 3.86. The number of esters is 1. The zero-order valence-corrected chi connectivity index (χ0v) is 21.9. The molecule has 0 aliphatic carbocycles. The molecule has 0 radical (unpaired) electrons. The normalized spacial score (nSPS) is 15.9. The van der Waals surface area contributed by atoms with Crippen molar-refractivity contribution in [1.82, 2.24) is 10.2 Å². The maximum absolute atomic E-state index is 13.4. The van der Waals surface area contributed by atoms with E-state index >= 15 is 0 Å². The Balaban J connectivity index is 2.21. The van der Waals surface area contributed by atoms with Gasteiger partial charge in [-0.1, -0.05) is 42.5 Å². The van der Waals surface area contributed by atoms with Crippen molar-refractivity contribution >= 4 is 35.8 Å². The second-order valence-corrected chi connectivity index (χ2v) is 9.07. The number of ether oxygens (including phenoxy) is 2. The van der Waals surface area contributed by atoms with Crippen molar-refractivity contribution in [3.05, 3.63) is 104 Å². The van der Waals surface area contributed by atoms with Gasteiger partial charge in [0.25, 0.3) is 5.69 Å². The first-order valence-electron chi connectivity index (χ1n) is 11.6. The summed E-state index contributed by atoms with van der Waals surface area (Å²) in [4.78, 5) is 48.9. The first-order chi connectivity index (χ1) is 18.4. The summed E-state index contributed by atoms with van der Waals surface area (Å²) in [7, 11) is 3.06. The summed E-state index contributed by atoms with van der Waals surface area (Å²) < 4.78 is 11.1. The number of likely N-dealkylation sites (N-methyl/N-ethyl adjacent to an activating group) is 1. The number of nitro benzene ring substituents is 1. The van der Waals surface area contributed by atoms with Gasteiger partial charge in [-0.15, -0.1) is 11.8 Å². The average molecular weight is 538 g/mol. The van der Waals surface area contributed by atoms with Gasteiger partial charge >= 0.3 is 5.97 Å². The second-order valence-electron chi connectivity index (χ2n) is 8.06. The summed E-state index contributed by atoms with van der Waals surface area (Å²) in [5.74, 6) is 0.775. The van der Waals surface area contributed by atoms with Gasteiger partial charge in [0.15, 0.2) is 0 Å². The van der Waals surface area contributed by atoms with Crippen LogP contribution in [0, 0.1) is 10.1 Å². The van der Waals surface area contributed by atoms with E-state index in [9.17, 15) is 24.5 Å². The number of carbonyl (C=O) groups is 2. The van der Waals surface area contributed by atoms with Crippen LogP contribution in [0.5, 0.6) is 0 Å². The van der Waals surface area contributed by atoms with E-state index in [1.54, 1.807) is 30.9 Å². The number of hydrogen-bond donors (Lipinski definition) is 1. The summed E-state index contributed by atoms with van der Waals surface area (Å²) in [6, 6.07) is 14.8. The Bertz CT molecular complexity index is 1300. The second kappa shape index (κ2) is 13.3. The number of carbonyl (C=O) groups excluding carboxylic acids is 3. The molecule has 2 aromatic carbocycles. The smallest absolute Gasteiger partial charge is 0.337 e. The zero-order valence-electron chi connectivity index (χ0n) is 21.1. The Hall–Kier alpha value is -4.34. The molecule has 11 heteroatoms. The third-order valence-electron chi connectivity index (χ3n) is 5.88. The van der Waals surface area contributed by atoms with Crippen molar-refractivity contribution in [3.8, 4) is 0 Å². The first kappa shape index (κ1) is 28.2. The number of benzene rings is 2. The Morgan fingerprint density at radius 3 is 2.61 bits per heavy atom. The lowest BCUT2D eigenvalue weighted by Crippen LogP contribution is -2.32. The average Bonchev–Trinajstić information content (AvgIpc) is 2.93. The van der Waals surface area contributed by atoms with E-state index < -0.39 is 22.9 Å². The van der Waals surface area contributed by atoms with Gasteiger partial charge in [0.1, 0.15) is 11.7 Å². The maximum Gasteiger partial charge on any atom is 0.337 e. The van der Waals surface area contributed by atoms with Crippen molar-refractivity contribution < 1.29 is 28.8 Å². The molecule has 198 valence electrons. The summed E-state index contributed by atoms with van der Waals surface area (Å²) in [5.41, 5.74) is 1.63. The van der Waals surface area contributed by atoms with Gasteiger partial charge in [0, 0.05) is 31.0 Å². The third kappa shape index (κ3) is 6.13. The third-order valence-corrected chi connectivity index (χ3v) is 7.15. The molecule has 1 aliphatic heterocycles. The fourth-order valence-electron chi connectivity index (χ4n) is 4.20. The number of rotatable bonds is 12. The predicted molar refractivity (Wildman–Crippen MR) is 142 cm³/mol. The van der Waals surface area contributed by atoms with Crippen molar-refractivity contribution in [2.45, 2.75) is 18.9 Å². The fourth-order valence-corrected chi connectivity index (χ4v) is 5.46. The molecule has 2 atom stereocenters. The molecule has 3 rings (SSSR count). The Kier molecular flexibility index (Phi) is 9.86.